The lowest BCUT2D eigenvalue weighted by Crippen LogP contribution is -2.18. The van der Waals surface area contributed by atoms with Gasteiger partial charge < -0.3 is 10.2 Å². The van der Waals surface area contributed by atoms with Crippen molar-refractivity contribution < 1.29 is 15.0 Å². The fourth-order valence-corrected chi connectivity index (χ4v) is 1.61. The lowest BCUT2D eigenvalue weighted by Gasteiger charge is -2.05. The van der Waals surface area contributed by atoms with Gasteiger partial charge in [-0.2, -0.15) is 0 Å². The van der Waals surface area contributed by atoms with Gasteiger partial charge in [0.25, 0.3) is 0 Å². The van der Waals surface area contributed by atoms with Gasteiger partial charge in [0, 0.05) is 0 Å². The van der Waals surface area contributed by atoms with E-state index in [9.17, 15) is 4.79 Å². The average molecular weight is 222 g/mol. The Morgan fingerprint density at radius 1 is 1.12 bits per heavy atom. The minimum absolute atomic E-state index is 0.351. The van der Waals surface area contributed by atoms with Crippen molar-refractivity contribution in [1.29, 1.82) is 0 Å². The summed E-state index contributed by atoms with van der Waals surface area (Å²) in [6.45, 7) is 0. The first kappa shape index (κ1) is 12.7. The largest absolute Gasteiger partial charge is 0.479 e. The molecule has 1 unspecified atom stereocenters. The summed E-state index contributed by atoms with van der Waals surface area (Å²) in [4.78, 5) is 10.3. The van der Waals surface area contributed by atoms with Crippen molar-refractivity contribution in [1.82, 2.24) is 0 Å². The van der Waals surface area contributed by atoms with Crippen LogP contribution in [0.1, 0.15) is 31.2 Å². The zero-order valence-electron chi connectivity index (χ0n) is 9.30. The Morgan fingerprint density at radius 2 is 1.81 bits per heavy atom. The summed E-state index contributed by atoms with van der Waals surface area (Å²) < 4.78 is 0. The summed E-state index contributed by atoms with van der Waals surface area (Å²) in [5, 5.41) is 17.5. The summed E-state index contributed by atoms with van der Waals surface area (Å²) in [6, 6.07) is 10.2. The van der Waals surface area contributed by atoms with Crippen LogP contribution in [0.2, 0.25) is 0 Å². The van der Waals surface area contributed by atoms with Crippen LogP contribution in [-0.2, 0) is 11.2 Å². The van der Waals surface area contributed by atoms with Crippen LogP contribution in [0.15, 0.2) is 30.3 Å². The first-order valence-electron chi connectivity index (χ1n) is 5.65. The van der Waals surface area contributed by atoms with E-state index in [1.807, 2.05) is 18.2 Å². The summed E-state index contributed by atoms with van der Waals surface area (Å²) >= 11 is 0. The number of aryl methyl sites for hydroxylation is 1. The Hall–Kier alpha value is -1.35. The molecule has 1 aromatic rings. The van der Waals surface area contributed by atoms with Crippen molar-refractivity contribution in [2.45, 2.75) is 38.2 Å². The molecule has 0 aliphatic heterocycles. The summed E-state index contributed by atoms with van der Waals surface area (Å²) in [6.07, 6.45) is 2.93. The number of aliphatic carboxylic acids is 1. The maximum atomic E-state index is 10.3. The number of hydrogen-bond donors (Lipinski definition) is 2. The second kappa shape index (κ2) is 7.01. The van der Waals surface area contributed by atoms with Gasteiger partial charge in [-0.05, 0) is 24.8 Å². The maximum Gasteiger partial charge on any atom is 0.332 e. The highest BCUT2D eigenvalue weighted by atomic mass is 16.4. The van der Waals surface area contributed by atoms with Crippen LogP contribution in [0.4, 0.5) is 0 Å². The molecule has 0 radical (unpaired) electrons. The molecule has 0 spiro atoms. The van der Waals surface area contributed by atoms with Crippen molar-refractivity contribution in [3.05, 3.63) is 35.9 Å². The van der Waals surface area contributed by atoms with Crippen LogP contribution in [-0.4, -0.2) is 22.3 Å². The van der Waals surface area contributed by atoms with Crippen molar-refractivity contribution in [3.8, 4) is 0 Å². The highest BCUT2D eigenvalue weighted by Gasteiger charge is 2.11. The van der Waals surface area contributed by atoms with E-state index >= 15 is 0 Å². The molecule has 0 heterocycles. The highest BCUT2D eigenvalue weighted by Crippen LogP contribution is 2.08. The predicted octanol–water partition coefficient (Wildman–Crippen LogP) is 2.24. The van der Waals surface area contributed by atoms with E-state index in [0.717, 1.165) is 25.7 Å². The molecule has 16 heavy (non-hydrogen) atoms. The molecule has 88 valence electrons. The molecule has 0 amide bonds. The number of rotatable bonds is 7. The van der Waals surface area contributed by atoms with Gasteiger partial charge in [0.05, 0.1) is 0 Å². The monoisotopic (exact) mass is 222 g/mol. The molecule has 0 saturated heterocycles. The topological polar surface area (TPSA) is 57.5 Å². The quantitative estimate of drug-likeness (QED) is 0.695. The Bertz CT molecular complexity index is 308. The molecule has 0 fully saturated rings. The van der Waals surface area contributed by atoms with E-state index in [0.29, 0.717) is 6.42 Å². The standard InChI is InChI=1S/C13H18O3/c14-12(13(15)16)10-6-2-5-9-11-7-3-1-4-8-11/h1,3-4,7-8,12,14H,2,5-6,9-10H2,(H,15,16). The van der Waals surface area contributed by atoms with Crippen molar-refractivity contribution >= 4 is 5.97 Å². The Balaban J connectivity index is 2.07. The molecule has 2 N–H and O–H groups in total. The number of carboxylic acids is 1. The molecule has 0 aliphatic rings. The van der Waals surface area contributed by atoms with Gasteiger partial charge in [-0.15, -0.1) is 0 Å². The molecular formula is C13H18O3. The van der Waals surface area contributed by atoms with Gasteiger partial charge in [0.2, 0.25) is 0 Å². The predicted molar refractivity (Wildman–Crippen MR) is 62.3 cm³/mol. The van der Waals surface area contributed by atoms with Crippen LogP contribution in [0.5, 0.6) is 0 Å². The minimum atomic E-state index is -1.20. The average Bonchev–Trinajstić information content (AvgIpc) is 2.29. The van der Waals surface area contributed by atoms with E-state index in [1.54, 1.807) is 0 Å². The number of benzene rings is 1. The zero-order valence-corrected chi connectivity index (χ0v) is 9.30. The third kappa shape index (κ3) is 4.94. The van der Waals surface area contributed by atoms with E-state index in [-0.39, 0.29) is 0 Å². The van der Waals surface area contributed by atoms with Gasteiger partial charge in [-0.3, -0.25) is 0 Å². The molecule has 3 heteroatoms. The number of hydrogen-bond acceptors (Lipinski definition) is 2. The summed E-state index contributed by atoms with van der Waals surface area (Å²) in [5.74, 6) is -1.12. The van der Waals surface area contributed by atoms with Gasteiger partial charge in [-0.25, -0.2) is 4.79 Å². The summed E-state index contributed by atoms with van der Waals surface area (Å²) in [5.41, 5.74) is 1.31. The van der Waals surface area contributed by atoms with E-state index in [2.05, 4.69) is 12.1 Å². The second-order valence-electron chi connectivity index (χ2n) is 3.94. The van der Waals surface area contributed by atoms with E-state index in [4.69, 9.17) is 10.2 Å². The first-order valence-corrected chi connectivity index (χ1v) is 5.65. The van der Waals surface area contributed by atoms with Crippen molar-refractivity contribution in [2.75, 3.05) is 0 Å². The fraction of sp³-hybridized carbons (Fsp3) is 0.462. The minimum Gasteiger partial charge on any atom is -0.479 e. The summed E-state index contributed by atoms with van der Waals surface area (Å²) in [7, 11) is 0. The highest BCUT2D eigenvalue weighted by molar-refractivity contribution is 5.71. The number of aliphatic hydroxyl groups is 1. The second-order valence-corrected chi connectivity index (χ2v) is 3.94. The van der Waals surface area contributed by atoms with Gasteiger partial charge in [0.15, 0.2) is 6.10 Å². The third-order valence-corrected chi connectivity index (χ3v) is 2.57. The molecule has 0 bridgehead atoms. The van der Waals surface area contributed by atoms with Crippen LogP contribution < -0.4 is 0 Å². The first-order chi connectivity index (χ1) is 7.70. The van der Waals surface area contributed by atoms with Gasteiger partial charge >= 0.3 is 5.97 Å². The molecule has 3 nitrogen and oxygen atoms in total. The molecule has 0 aliphatic carbocycles. The van der Waals surface area contributed by atoms with Gasteiger partial charge in [0.1, 0.15) is 0 Å². The molecule has 1 aromatic carbocycles. The number of carbonyl (C=O) groups is 1. The normalized spacial score (nSPS) is 12.3. The third-order valence-electron chi connectivity index (χ3n) is 2.57. The van der Waals surface area contributed by atoms with Crippen LogP contribution in [0.25, 0.3) is 0 Å². The smallest absolute Gasteiger partial charge is 0.332 e. The molecule has 1 rings (SSSR count). The van der Waals surface area contributed by atoms with Crippen LogP contribution in [0.3, 0.4) is 0 Å². The maximum absolute atomic E-state index is 10.3. The Morgan fingerprint density at radius 3 is 2.44 bits per heavy atom. The fourth-order valence-electron chi connectivity index (χ4n) is 1.61. The zero-order chi connectivity index (χ0) is 11.8. The molecule has 0 saturated carbocycles. The lowest BCUT2D eigenvalue weighted by molar-refractivity contribution is -0.146. The van der Waals surface area contributed by atoms with E-state index in [1.165, 1.54) is 5.56 Å². The van der Waals surface area contributed by atoms with Crippen LogP contribution in [0, 0.1) is 0 Å². The Labute approximate surface area is 95.7 Å². The molecule has 1 atom stereocenters. The van der Waals surface area contributed by atoms with Gasteiger partial charge in [-0.1, -0.05) is 43.2 Å². The number of carboxylic acid groups (broad SMARTS) is 1. The van der Waals surface area contributed by atoms with Crippen LogP contribution >= 0.6 is 0 Å². The molecule has 0 aromatic heterocycles. The number of unbranched alkanes of at least 4 members (excludes halogenated alkanes) is 2. The van der Waals surface area contributed by atoms with E-state index < -0.39 is 12.1 Å². The molecular weight excluding hydrogens is 204 g/mol. The van der Waals surface area contributed by atoms with Crippen molar-refractivity contribution in [3.63, 3.8) is 0 Å². The van der Waals surface area contributed by atoms with Crippen molar-refractivity contribution in [2.24, 2.45) is 0 Å². The Kier molecular flexibility index (Phi) is 5.57. The number of aliphatic hydroxyl groups excluding tert-OH is 1. The lowest BCUT2D eigenvalue weighted by atomic mass is 10.0. The SMILES string of the molecule is O=C(O)C(O)CCCCCc1ccccc1.